The SMILES string of the molecule is C[Si-](C)(C)CCOCn1ccc2c(N3CC[C@H](C(=O)O)C4(CC4)C3)ncnc21. The van der Waals surface area contributed by atoms with Crippen molar-refractivity contribution in [2.75, 3.05) is 24.6 Å². The van der Waals surface area contributed by atoms with Crippen LogP contribution < -0.4 is 4.90 Å². The lowest BCUT2D eigenvalue weighted by Crippen LogP contribution is -2.45. The lowest BCUT2D eigenvalue weighted by atomic mass is 9.82. The molecular weight excluding hydrogens is 372 g/mol. The fourth-order valence-corrected chi connectivity index (χ4v) is 5.04. The summed E-state index contributed by atoms with van der Waals surface area (Å²) in [5, 5.41) is 10.6. The summed E-state index contributed by atoms with van der Waals surface area (Å²) in [5.74, 6) is 0.0537. The number of aliphatic carboxylic acids is 1. The highest BCUT2D eigenvalue weighted by Gasteiger charge is 2.55. The number of nitrogens with zero attached hydrogens (tertiary/aromatic N) is 4. The van der Waals surface area contributed by atoms with E-state index in [0.29, 0.717) is 13.2 Å². The molecule has 2 aliphatic rings. The maximum absolute atomic E-state index is 11.6. The standard InChI is InChI=1S/C20H30N4O3Si/c1-28(2,3)11-10-27-14-24-8-4-15-17(21-13-22-18(15)24)23-9-5-16(19(25)26)20(12-23)6-7-20/h4,8,13,16H,5-7,9-12,14H2,1-3H3,(H,25,26)/q-1/t16-/m1/s1. The second-order valence-corrected chi connectivity index (χ2v) is 15.2. The van der Waals surface area contributed by atoms with Gasteiger partial charge in [-0.25, -0.2) is 9.97 Å². The highest BCUT2D eigenvalue weighted by atomic mass is 28.3. The molecule has 2 fully saturated rings. The third-order valence-electron chi connectivity index (χ3n) is 6.18. The predicted molar refractivity (Wildman–Crippen MR) is 111 cm³/mol. The van der Waals surface area contributed by atoms with Crippen LogP contribution in [0.15, 0.2) is 18.6 Å². The van der Waals surface area contributed by atoms with E-state index >= 15 is 0 Å². The normalized spacial score (nSPS) is 21.4. The van der Waals surface area contributed by atoms with Crippen molar-refractivity contribution in [2.45, 2.75) is 51.7 Å². The molecule has 28 heavy (non-hydrogen) atoms. The van der Waals surface area contributed by atoms with E-state index in [1.165, 1.54) is 0 Å². The average Bonchev–Trinajstić information content (AvgIpc) is 3.25. The Kier molecular flexibility index (Phi) is 4.95. The number of piperidine rings is 1. The molecular formula is C20H30N4O3Si-. The van der Waals surface area contributed by atoms with E-state index < -0.39 is 14.0 Å². The lowest BCUT2D eigenvalue weighted by molar-refractivity contribution is -0.144. The molecule has 1 aliphatic carbocycles. The molecule has 0 radical (unpaired) electrons. The molecule has 7 nitrogen and oxygen atoms in total. The highest BCUT2D eigenvalue weighted by Crippen LogP contribution is 2.56. The number of ether oxygens (including phenoxy) is 1. The molecule has 1 aliphatic heterocycles. The Morgan fingerprint density at radius 3 is 2.82 bits per heavy atom. The van der Waals surface area contributed by atoms with Crippen LogP contribution in [0.3, 0.4) is 0 Å². The van der Waals surface area contributed by atoms with Gasteiger partial charge in [0.05, 0.1) is 11.3 Å². The van der Waals surface area contributed by atoms with E-state index in [1.54, 1.807) is 6.33 Å². The van der Waals surface area contributed by atoms with Crippen LogP contribution in [0.2, 0.25) is 25.7 Å². The van der Waals surface area contributed by atoms with E-state index in [2.05, 4.69) is 40.6 Å². The molecule has 4 rings (SSSR count). The first kappa shape index (κ1) is 19.4. The molecule has 3 heterocycles. The largest absolute Gasteiger partial charge is 0.481 e. The van der Waals surface area contributed by atoms with Gasteiger partial charge in [-0.1, -0.05) is 0 Å². The Morgan fingerprint density at radius 1 is 1.36 bits per heavy atom. The molecule has 0 aromatic carbocycles. The predicted octanol–water partition coefficient (Wildman–Crippen LogP) is 3.43. The lowest BCUT2D eigenvalue weighted by Gasteiger charge is -2.38. The summed E-state index contributed by atoms with van der Waals surface area (Å²) in [7, 11) is -1.09. The van der Waals surface area contributed by atoms with Gasteiger partial charge in [-0.05, 0) is 25.3 Å². The number of carboxylic acid groups (broad SMARTS) is 1. The van der Waals surface area contributed by atoms with Crippen LogP contribution in [0.5, 0.6) is 0 Å². The Bertz CT molecular complexity index is 872. The maximum atomic E-state index is 11.6. The molecule has 0 unspecified atom stereocenters. The van der Waals surface area contributed by atoms with Gasteiger partial charge in [0, 0.05) is 31.3 Å². The second kappa shape index (κ2) is 7.15. The maximum Gasteiger partial charge on any atom is 0.307 e. The summed E-state index contributed by atoms with van der Waals surface area (Å²) in [6.07, 6.45) is 6.30. The van der Waals surface area contributed by atoms with Gasteiger partial charge < -0.3 is 19.3 Å². The van der Waals surface area contributed by atoms with Crippen molar-refractivity contribution >= 4 is 30.9 Å². The first-order valence-electron chi connectivity index (χ1n) is 10.1. The Labute approximate surface area is 166 Å². The van der Waals surface area contributed by atoms with E-state index in [0.717, 1.165) is 55.4 Å². The fraction of sp³-hybridized carbons (Fsp3) is 0.650. The van der Waals surface area contributed by atoms with Gasteiger partial charge in [0.2, 0.25) is 0 Å². The van der Waals surface area contributed by atoms with Gasteiger partial charge in [0.1, 0.15) is 24.5 Å². The summed E-state index contributed by atoms with van der Waals surface area (Å²) in [5.41, 5.74) is 0.812. The van der Waals surface area contributed by atoms with E-state index in [9.17, 15) is 9.90 Å². The van der Waals surface area contributed by atoms with Gasteiger partial charge in [-0.15, -0.1) is 14.1 Å². The van der Waals surface area contributed by atoms with Crippen molar-refractivity contribution in [1.29, 1.82) is 0 Å². The highest BCUT2D eigenvalue weighted by molar-refractivity contribution is 6.76. The third kappa shape index (κ3) is 3.80. The number of carboxylic acids is 1. The third-order valence-corrected chi connectivity index (χ3v) is 7.89. The Hall–Kier alpha value is -1.93. The minimum Gasteiger partial charge on any atom is -0.481 e. The second-order valence-electron chi connectivity index (χ2n) is 9.53. The van der Waals surface area contributed by atoms with Crippen molar-refractivity contribution in [3.05, 3.63) is 18.6 Å². The molecule has 1 saturated carbocycles. The van der Waals surface area contributed by atoms with Crippen LogP contribution in [0.1, 0.15) is 19.3 Å². The first-order chi connectivity index (χ1) is 13.3. The van der Waals surface area contributed by atoms with E-state index in [1.807, 2.05) is 10.8 Å². The molecule has 2 aromatic heterocycles. The number of aromatic nitrogens is 3. The molecule has 0 amide bonds. The van der Waals surface area contributed by atoms with Gasteiger partial charge in [-0.2, -0.15) is 19.6 Å². The first-order valence-corrected chi connectivity index (χ1v) is 13.9. The fourth-order valence-electron chi connectivity index (χ4n) is 4.28. The Morgan fingerprint density at radius 2 is 2.14 bits per heavy atom. The number of carbonyl (C=O) groups is 1. The summed E-state index contributed by atoms with van der Waals surface area (Å²) < 4.78 is 7.92. The van der Waals surface area contributed by atoms with Gasteiger partial charge >= 0.3 is 5.97 Å². The molecule has 8 heteroatoms. The molecule has 1 N–H and O–H groups in total. The van der Waals surface area contributed by atoms with Crippen molar-refractivity contribution < 1.29 is 14.6 Å². The molecule has 1 atom stereocenters. The van der Waals surface area contributed by atoms with Crippen LogP contribution in [0, 0.1) is 11.3 Å². The molecule has 1 spiro atoms. The average molecular weight is 403 g/mol. The minimum atomic E-state index is -1.09. The van der Waals surface area contributed by atoms with Gasteiger partial charge in [-0.3, -0.25) is 4.79 Å². The number of anilines is 1. The van der Waals surface area contributed by atoms with Crippen LogP contribution in [0.4, 0.5) is 5.82 Å². The summed E-state index contributed by atoms with van der Waals surface area (Å²) in [6.45, 7) is 9.81. The summed E-state index contributed by atoms with van der Waals surface area (Å²) >= 11 is 0. The van der Waals surface area contributed by atoms with Crippen LogP contribution >= 0.6 is 0 Å². The van der Waals surface area contributed by atoms with Crippen LogP contribution in [-0.4, -0.2) is 53.4 Å². The summed E-state index contributed by atoms with van der Waals surface area (Å²) in [6, 6.07) is 3.20. The number of fused-ring (bicyclic) bond motifs is 1. The van der Waals surface area contributed by atoms with E-state index in [4.69, 9.17) is 4.74 Å². The van der Waals surface area contributed by atoms with Gasteiger partial charge in [0.25, 0.3) is 0 Å². The quantitative estimate of drug-likeness (QED) is 0.564. The number of hydrogen-bond donors (Lipinski definition) is 1. The zero-order valence-electron chi connectivity index (χ0n) is 17.0. The zero-order chi connectivity index (χ0) is 19.9. The molecule has 2 aromatic rings. The smallest absolute Gasteiger partial charge is 0.307 e. The zero-order valence-corrected chi connectivity index (χ0v) is 18.0. The minimum absolute atomic E-state index is 0.0656. The van der Waals surface area contributed by atoms with Crippen molar-refractivity contribution in [3.63, 3.8) is 0 Å². The van der Waals surface area contributed by atoms with E-state index in [-0.39, 0.29) is 11.3 Å². The number of hydrogen-bond acceptors (Lipinski definition) is 5. The molecule has 153 valence electrons. The Balaban J connectivity index is 1.49. The number of rotatable bonds is 7. The molecule has 1 saturated heterocycles. The summed E-state index contributed by atoms with van der Waals surface area (Å²) in [4.78, 5) is 22.9. The monoisotopic (exact) mass is 402 g/mol. The van der Waals surface area contributed by atoms with Crippen molar-refractivity contribution in [1.82, 2.24) is 14.5 Å². The van der Waals surface area contributed by atoms with Crippen molar-refractivity contribution in [2.24, 2.45) is 11.3 Å². The topological polar surface area (TPSA) is 80.5 Å². The van der Waals surface area contributed by atoms with Crippen molar-refractivity contribution in [3.8, 4) is 0 Å². The van der Waals surface area contributed by atoms with Gasteiger partial charge in [0.15, 0.2) is 0 Å². The van der Waals surface area contributed by atoms with Crippen LogP contribution in [0.25, 0.3) is 11.0 Å². The van der Waals surface area contributed by atoms with Crippen LogP contribution in [-0.2, 0) is 16.3 Å². The molecule has 0 bridgehead atoms.